The first-order valence-corrected chi connectivity index (χ1v) is 8.36. The standard InChI is InChI=1S/C20H18N4O3/c1-24-19(25)13-10-17(26-2)18(27-3)11-16(13)23-20(24)22-15-8-4-7-14-12(15)6-5-9-21-14/h4-11H,1-3H3,(H,22,23). The van der Waals surface area contributed by atoms with Crippen LogP contribution in [0.1, 0.15) is 0 Å². The summed E-state index contributed by atoms with van der Waals surface area (Å²) >= 11 is 0. The van der Waals surface area contributed by atoms with E-state index in [2.05, 4.69) is 15.3 Å². The fraction of sp³-hybridized carbons (Fsp3) is 0.150. The summed E-state index contributed by atoms with van der Waals surface area (Å²) in [5.41, 5.74) is 2.03. The van der Waals surface area contributed by atoms with E-state index in [4.69, 9.17) is 9.47 Å². The molecule has 1 N–H and O–H groups in total. The molecule has 2 heterocycles. The highest BCUT2D eigenvalue weighted by molar-refractivity contribution is 5.93. The number of rotatable bonds is 4. The van der Waals surface area contributed by atoms with Crippen molar-refractivity contribution in [1.29, 1.82) is 0 Å². The molecule has 0 aliphatic rings. The van der Waals surface area contributed by atoms with Crippen LogP contribution in [0.15, 0.2) is 53.5 Å². The Bertz CT molecular complexity index is 1210. The van der Waals surface area contributed by atoms with E-state index in [1.54, 1.807) is 32.5 Å². The molecule has 0 aliphatic carbocycles. The molecule has 4 aromatic rings. The van der Waals surface area contributed by atoms with Gasteiger partial charge in [0.05, 0.1) is 36.3 Å². The summed E-state index contributed by atoms with van der Waals surface area (Å²) in [5, 5.41) is 4.66. The molecule has 2 aromatic heterocycles. The van der Waals surface area contributed by atoms with Gasteiger partial charge in [0.25, 0.3) is 5.56 Å². The van der Waals surface area contributed by atoms with Crippen LogP contribution in [0.4, 0.5) is 11.6 Å². The van der Waals surface area contributed by atoms with Gasteiger partial charge in [-0.15, -0.1) is 0 Å². The quantitative estimate of drug-likeness (QED) is 0.600. The zero-order valence-electron chi connectivity index (χ0n) is 15.2. The Kier molecular flexibility index (Phi) is 4.12. The first-order chi connectivity index (χ1) is 13.1. The maximum atomic E-state index is 12.8. The molecule has 0 radical (unpaired) electrons. The highest BCUT2D eigenvalue weighted by atomic mass is 16.5. The molecule has 136 valence electrons. The van der Waals surface area contributed by atoms with Crippen molar-refractivity contribution < 1.29 is 9.47 Å². The average Bonchev–Trinajstić information content (AvgIpc) is 2.71. The third kappa shape index (κ3) is 2.83. The lowest BCUT2D eigenvalue weighted by molar-refractivity contribution is 0.355. The molecule has 2 aromatic carbocycles. The molecule has 0 spiro atoms. The number of fused-ring (bicyclic) bond motifs is 2. The van der Waals surface area contributed by atoms with Crippen LogP contribution in [0.2, 0.25) is 0 Å². The van der Waals surface area contributed by atoms with Crippen LogP contribution in [-0.2, 0) is 7.05 Å². The average molecular weight is 362 g/mol. The fourth-order valence-corrected chi connectivity index (χ4v) is 3.04. The second-order valence-electron chi connectivity index (χ2n) is 6.02. The number of anilines is 2. The van der Waals surface area contributed by atoms with Crippen molar-refractivity contribution in [2.24, 2.45) is 7.05 Å². The third-order valence-electron chi connectivity index (χ3n) is 4.47. The van der Waals surface area contributed by atoms with E-state index in [1.807, 2.05) is 30.3 Å². The molecule has 0 aliphatic heterocycles. The number of benzene rings is 2. The number of methoxy groups -OCH3 is 2. The number of pyridine rings is 1. The molecule has 0 atom stereocenters. The van der Waals surface area contributed by atoms with Gasteiger partial charge in [0, 0.05) is 24.7 Å². The number of nitrogens with one attached hydrogen (secondary N) is 1. The lowest BCUT2D eigenvalue weighted by atomic mass is 10.2. The molecule has 0 amide bonds. The molecule has 4 rings (SSSR count). The van der Waals surface area contributed by atoms with Gasteiger partial charge in [-0.1, -0.05) is 6.07 Å². The highest BCUT2D eigenvalue weighted by Gasteiger charge is 2.14. The van der Waals surface area contributed by atoms with Crippen molar-refractivity contribution >= 4 is 33.4 Å². The smallest absolute Gasteiger partial charge is 0.262 e. The minimum atomic E-state index is -0.179. The SMILES string of the molecule is COc1cc2nc(Nc3cccc4ncccc34)n(C)c(=O)c2cc1OC. The summed E-state index contributed by atoms with van der Waals surface area (Å²) in [7, 11) is 4.76. The molecule has 7 heteroatoms. The summed E-state index contributed by atoms with van der Waals surface area (Å²) in [4.78, 5) is 21.8. The Morgan fingerprint density at radius 3 is 2.52 bits per heavy atom. The largest absolute Gasteiger partial charge is 0.493 e. The van der Waals surface area contributed by atoms with Crippen molar-refractivity contribution in [1.82, 2.24) is 14.5 Å². The van der Waals surface area contributed by atoms with Gasteiger partial charge in [-0.3, -0.25) is 14.3 Å². The number of hydrogen-bond donors (Lipinski definition) is 1. The summed E-state index contributed by atoms with van der Waals surface area (Å²) < 4.78 is 12.1. The second kappa shape index (κ2) is 6.60. The van der Waals surface area contributed by atoms with Crippen LogP contribution < -0.4 is 20.3 Å². The van der Waals surface area contributed by atoms with Gasteiger partial charge < -0.3 is 14.8 Å². The van der Waals surface area contributed by atoms with Crippen LogP contribution in [0.3, 0.4) is 0 Å². The predicted octanol–water partition coefficient (Wildman–Crippen LogP) is 3.24. The van der Waals surface area contributed by atoms with Gasteiger partial charge in [-0.2, -0.15) is 0 Å². The van der Waals surface area contributed by atoms with E-state index in [1.165, 1.54) is 11.7 Å². The van der Waals surface area contributed by atoms with Crippen molar-refractivity contribution in [3.63, 3.8) is 0 Å². The lowest BCUT2D eigenvalue weighted by Gasteiger charge is -2.14. The van der Waals surface area contributed by atoms with Crippen LogP contribution in [0.25, 0.3) is 21.8 Å². The number of hydrogen-bond acceptors (Lipinski definition) is 6. The second-order valence-corrected chi connectivity index (χ2v) is 6.02. The van der Waals surface area contributed by atoms with Crippen molar-refractivity contribution in [2.45, 2.75) is 0 Å². The van der Waals surface area contributed by atoms with Gasteiger partial charge in [0.15, 0.2) is 11.5 Å². The molecule has 27 heavy (non-hydrogen) atoms. The summed E-state index contributed by atoms with van der Waals surface area (Å²) in [6.07, 6.45) is 1.75. The highest BCUT2D eigenvalue weighted by Crippen LogP contribution is 2.31. The maximum Gasteiger partial charge on any atom is 0.262 e. The summed E-state index contributed by atoms with van der Waals surface area (Å²) in [6.45, 7) is 0. The predicted molar refractivity (Wildman–Crippen MR) is 105 cm³/mol. The normalized spacial score (nSPS) is 10.9. The Hall–Kier alpha value is -3.61. The summed E-state index contributed by atoms with van der Waals surface area (Å²) in [5.74, 6) is 1.44. The Morgan fingerprint density at radius 1 is 0.963 bits per heavy atom. The van der Waals surface area contributed by atoms with E-state index in [0.29, 0.717) is 28.4 Å². The minimum Gasteiger partial charge on any atom is -0.493 e. The van der Waals surface area contributed by atoms with E-state index < -0.39 is 0 Å². The first kappa shape index (κ1) is 16.8. The number of ether oxygens (including phenoxy) is 2. The van der Waals surface area contributed by atoms with Crippen LogP contribution in [-0.4, -0.2) is 28.8 Å². The minimum absolute atomic E-state index is 0.179. The summed E-state index contributed by atoms with van der Waals surface area (Å²) in [6, 6.07) is 13.0. The monoisotopic (exact) mass is 362 g/mol. The van der Waals surface area contributed by atoms with Crippen LogP contribution >= 0.6 is 0 Å². The molecular weight excluding hydrogens is 344 g/mol. The van der Waals surface area contributed by atoms with E-state index in [9.17, 15) is 4.79 Å². The molecule has 7 nitrogen and oxygen atoms in total. The number of nitrogens with zero attached hydrogens (tertiary/aromatic N) is 3. The zero-order chi connectivity index (χ0) is 19.0. The maximum absolute atomic E-state index is 12.8. The van der Waals surface area contributed by atoms with Crippen LogP contribution in [0.5, 0.6) is 11.5 Å². The van der Waals surface area contributed by atoms with Crippen molar-refractivity contribution in [3.8, 4) is 11.5 Å². The Balaban J connectivity index is 1.89. The topological polar surface area (TPSA) is 78.3 Å². The van der Waals surface area contributed by atoms with E-state index >= 15 is 0 Å². The van der Waals surface area contributed by atoms with Gasteiger partial charge in [0.2, 0.25) is 5.95 Å². The molecule has 0 fully saturated rings. The fourth-order valence-electron chi connectivity index (χ4n) is 3.04. The third-order valence-corrected chi connectivity index (χ3v) is 4.47. The lowest BCUT2D eigenvalue weighted by Crippen LogP contribution is -2.21. The molecular formula is C20H18N4O3. The van der Waals surface area contributed by atoms with Crippen molar-refractivity contribution in [2.75, 3.05) is 19.5 Å². The van der Waals surface area contributed by atoms with Crippen LogP contribution in [0, 0.1) is 0 Å². The van der Waals surface area contributed by atoms with Crippen molar-refractivity contribution in [3.05, 3.63) is 59.0 Å². The molecule has 0 bridgehead atoms. The zero-order valence-corrected chi connectivity index (χ0v) is 15.2. The van der Waals surface area contributed by atoms with E-state index in [0.717, 1.165) is 16.6 Å². The number of aromatic nitrogens is 3. The van der Waals surface area contributed by atoms with Gasteiger partial charge >= 0.3 is 0 Å². The molecule has 0 saturated carbocycles. The molecule has 0 unspecified atom stereocenters. The van der Waals surface area contributed by atoms with Gasteiger partial charge in [0.1, 0.15) is 0 Å². The van der Waals surface area contributed by atoms with E-state index in [-0.39, 0.29) is 5.56 Å². The Morgan fingerprint density at radius 2 is 1.74 bits per heavy atom. The first-order valence-electron chi connectivity index (χ1n) is 8.36. The molecule has 0 saturated heterocycles. The Labute approximate surface area is 155 Å². The van der Waals surface area contributed by atoms with Gasteiger partial charge in [-0.25, -0.2) is 4.98 Å². The van der Waals surface area contributed by atoms with Gasteiger partial charge in [-0.05, 0) is 30.3 Å².